The molecule has 0 saturated carbocycles. The van der Waals surface area contributed by atoms with Gasteiger partial charge in [-0.2, -0.15) is 5.26 Å². The Morgan fingerprint density at radius 3 is 2.61 bits per heavy atom. The quantitative estimate of drug-likeness (QED) is 0.903. The summed E-state index contributed by atoms with van der Waals surface area (Å²) < 4.78 is 0. The molecule has 0 aliphatic heterocycles. The van der Waals surface area contributed by atoms with E-state index in [-0.39, 0.29) is 0 Å². The number of aryl methyl sites for hydroxylation is 1. The molecule has 0 radical (unpaired) electrons. The molecule has 2 aromatic heterocycles. The standard InChI is InChI=1S/C14H16N2S2/c1-10(7-12-4-3-11(2)17-12)16-9-14-6-5-13(8-15)18-14/h3-6,10,16H,7,9H2,1-2H3. The van der Waals surface area contributed by atoms with Gasteiger partial charge in [-0.05, 0) is 44.5 Å². The van der Waals surface area contributed by atoms with Crippen molar-refractivity contribution >= 4 is 22.7 Å². The Morgan fingerprint density at radius 1 is 1.22 bits per heavy atom. The van der Waals surface area contributed by atoms with Gasteiger partial charge < -0.3 is 5.32 Å². The molecule has 0 spiro atoms. The first-order valence-electron chi connectivity index (χ1n) is 5.95. The van der Waals surface area contributed by atoms with E-state index in [1.807, 2.05) is 23.5 Å². The Hall–Kier alpha value is -1.15. The van der Waals surface area contributed by atoms with E-state index >= 15 is 0 Å². The van der Waals surface area contributed by atoms with Gasteiger partial charge in [0.05, 0.1) is 0 Å². The van der Waals surface area contributed by atoms with Crippen LogP contribution in [0.25, 0.3) is 0 Å². The van der Waals surface area contributed by atoms with Crippen molar-refractivity contribution in [3.8, 4) is 6.07 Å². The summed E-state index contributed by atoms with van der Waals surface area (Å²) in [5.41, 5.74) is 0. The lowest BCUT2D eigenvalue weighted by atomic mass is 10.2. The van der Waals surface area contributed by atoms with Crippen LogP contribution in [0.15, 0.2) is 24.3 Å². The van der Waals surface area contributed by atoms with Crippen LogP contribution in [-0.4, -0.2) is 6.04 Å². The van der Waals surface area contributed by atoms with Crippen LogP contribution in [0.3, 0.4) is 0 Å². The fourth-order valence-electron chi connectivity index (χ4n) is 1.78. The molecule has 18 heavy (non-hydrogen) atoms. The molecule has 0 bridgehead atoms. The highest BCUT2D eigenvalue weighted by Gasteiger charge is 2.06. The van der Waals surface area contributed by atoms with Gasteiger partial charge in [-0.3, -0.25) is 0 Å². The highest BCUT2D eigenvalue weighted by molar-refractivity contribution is 7.12. The Kier molecular flexibility index (Phi) is 4.54. The topological polar surface area (TPSA) is 35.8 Å². The van der Waals surface area contributed by atoms with Gasteiger partial charge in [0.2, 0.25) is 0 Å². The predicted molar refractivity (Wildman–Crippen MR) is 78.1 cm³/mol. The van der Waals surface area contributed by atoms with E-state index < -0.39 is 0 Å². The number of nitriles is 1. The SMILES string of the molecule is Cc1ccc(CC(C)NCc2ccc(C#N)s2)s1. The van der Waals surface area contributed by atoms with Crippen molar-refractivity contribution in [3.05, 3.63) is 43.8 Å². The number of hydrogen-bond donors (Lipinski definition) is 1. The molecule has 0 aromatic carbocycles. The van der Waals surface area contributed by atoms with E-state index in [4.69, 9.17) is 5.26 Å². The van der Waals surface area contributed by atoms with E-state index in [1.165, 1.54) is 14.6 Å². The molecule has 0 amide bonds. The Balaban J connectivity index is 1.81. The summed E-state index contributed by atoms with van der Waals surface area (Å²) in [6.07, 6.45) is 1.06. The maximum atomic E-state index is 8.77. The lowest BCUT2D eigenvalue weighted by Gasteiger charge is -2.11. The van der Waals surface area contributed by atoms with Gasteiger partial charge in [0.15, 0.2) is 0 Å². The van der Waals surface area contributed by atoms with E-state index in [9.17, 15) is 0 Å². The molecule has 2 nitrogen and oxygen atoms in total. The maximum Gasteiger partial charge on any atom is 0.110 e. The third-order valence-corrected chi connectivity index (χ3v) is 4.71. The van der Waals surface area contributed by atoms with Crippen LogP contribution in [0.5, 0.6) is 0 Å². The van der Waals surface area contributed by atoms with Gasteiger partial charge in [0, 0.05) is 27.2 Å². The van der Waals surface area contributed by atoms with Crippen LogP contribution in [-0.2, 0) is 13.0 Å². The van der Waals surface area contributed by atoms with Crippen molar-refractivity contribution in [1.82, 2.24) is 5.32 Å². The summed E-state index contributed by atoms with van der Waals surface area (Å²) >= 11 is 3.43. The van der Waals surface area contributed by atoms with E-state index in [0.717, 1.165) is 17.8 Å². The summed E-state index contributed by atoms with van der Waals surface area (Å²) in [6, 6.07) is 10.9. The average molecular weight is 276 g/mol. The van der Waals surface area contributed by atoms with Gasteiger partial charge in [0.25, 0.3) is 0 Å². The van der Waals surface area contributed by atoms with E-state index in [1.54, 1.807) is 11.3 Å². The fourth-order valence-corrected chi connectivity index (χ4v) is 3.55. The molecule has 0 aliphatic rings. The summed E-state index contributed by atoms with van der Waals surface area (Å²) in [6.45, 7) is 5.19. The maximum absolute atomic E-state index is 8.77. The smallest absolute Gasteiger partial charge is 0.110 e. The largest absolute Gasteiger partial charge is 0.309 e. The number of nitrogens with zero attached hydrogens (tertiary/aromatic N) is 1. The van der Waals surface area contributed by atoms with Gasteiger partial charge in [-0.15, -0.1) is 22.7 Å². The van der Waals surface area contributed by atoms with Crippen molar-refractivity contribution in [2.24, 2.45) is 0 Å². The third kappa shape index (κ3) is 3.67. The minimum absolute atomic E-state index is 0.454. The van der Waals surface area contributed by atoms with Crippen molar-refractivity contribution in [2.75, 3.05) is 0 Å². The highest BCUT2D eigenvalue weighted by atomic mass is 32.1. The molecule has 0 saturated heterocycles. The third-order valence-electron chi connectivity index (χ3n) is 2.70. The monoisotopic (exact) mass is 276 g/mol. The molecule has 0 aliphatic carbocycles. The number of nitrogens with one attached hydrogen (secondary N) is 1. The summed E-state index contributed by atoms with van der Waals surface area (Å²) in [4.78, 5) is 4.81. The molecule has 94 valence electrons. The number of thiophene rings is 2. The zero-order chi connectivity index (χ0) is 13.0. The molecular weight excluding hydrogens is 260 g/mol. The van der Waals surface area contributed by atoms with E-state index in [0.29, 0.717) is 6.04 Å². The summed E-state index contributed by atoms with van der Waals surface area (Å²) in [5.74, 6) is 0. The molecule has 2 rings (SSSR count). The lowest BCUT2D eigenvalue weighted by molar-refractivity contribution is 0.552. The van der Waals surface area contributed by atoms with Crippen molar-refractivity contribution in [3.63, 3.8) is 0 Å². The van der Waals surface area contributed by atoms with Crippen molar-refractivity contribution in [2.45, 2.75) is 32.9 Å². The second-order valence-electron chi connectivity index (χ2n) is 4.38. The molecular formula is C14H16N2S2. The Morgan fingerprint density at radius 2 is 2.00 bits per heavy atom. The summed E-state index contributed by atoms with van der Waals surface area (Å²) in [7, 11) is 0. The highest BCUT2D eigenvalue weighted by Crippen LogP contribution is 2.18. The van der Waals surface area contributed by atoms with Gasteiger partial charge in [-0.1, -0.05) is 0 Å². The Labute approximate surface area is 116 Å². The minimum atomic E-state index is 0.454. The van der Waals surface area contributed by atoms with Gasteiger partial charge >= 0.3 is 0 Å². The average Bonchev–Trinajstić information content (AvgIpc) is 2.95. The number of hydrogen-bond acceptors (Lipinski definition) is 4. The lowest BCUT2D eigenvalue weighted by Crippen LogP contribution is -2.26. The van der Waals surface area contributed by atoms with Crippen LogP contribution in [0.4, 0.5) is 0 Å². The van der Waals surface area contributed by atoms with Crippen LogP contribution in [0.1, 0.15) is 26.4 Å². The zero-order valence-electron chi connectivity index (χ0n) is 10.6. The van der Waals surface area contributed by atoms with Crippen LogP contribution in [0.2, 0.25) is 0 Å². The van der Waals surface area contributed by atoms with Gasteiger partial charge in [0.1, 0.15) is 10.9 Å². The minimum Gasteiger partial charge on any atom is -0.309 e. The molecule has 2 heterocycles. The van der Waals surface area contributed by atoms with E-state index in [2.05, 4.69) is 37.4 Å². The van der Waals surface area contributed by atoms with Gasteiger partial charge in [-0.25, -0.2) is 0 Å². The summed E-state index contributed by atoms with van der Waals surface area (Å²) in [5, 5.41) is 12.3. The van der Waals surface area contributed by atoms with Crippen molar-refractivity contribution in [1.29, 1.82) is 5.26 Å². The second-order valence-corrected chi connectivity index (χ2v) is 6.92. The molecule has 2 aromatic rings. The fraction of sp³-hybridized carbons (Fsp3) is 0.357. The molecule has 1 unspecified atom stereocenters. The molecule has 4 heteroatoms. The van der Waals surface area contributed by atoms with Crippen molar-refractivity contribution < 1.29 is 0 Å². The first kappa shape index (κ1) is 13.3. The van der Waals surface area contributed by atoms with Crippen LogP contribution in [0, 0.1) is 18.3 Å². The number of rotatable bonds is 5. The molecule has 0 fully saturated rings. The molecule has 1 N–H and O–H groups in total. The second kappa shape index (κ2) is 6.14. The Bertz CT molecular complexity index is 548. The van der Waals surface area contributed by atoms with Crippen LogP contribution >= 0.6 is 22.7 Å². The first-order valence-corrected chi connectivity index (χ1v) is 7.58. The first-order chi connectivity index (χ1) is 8.67. The normalized spacial score (nSPS) is 12.3. The molecule has 1 atom stereocenters. The zero-order valence-corrected chi connectivity index (χ0v) is 12.2. The predicted octanol–water partition coefficient (Wildman–Crippen LogP) is 3.71. The van der Waals surface area contributed by atoms with Crippen LogP contribution < -0.4 is 5.32 Å².